The Bertz CT molecular complexity index is 815. The third-order valence-corrected chi connectivity index (χ3v) is 3.31. The quantitative estimate of drug-likeness (QED) is 0.720. The normalized spacial score (nSPS) is 10.0. The summed E-state index contributed by atoms with van der Waals surface area (Å²) in [6.07, 6.45) is 1.40. The van der Waals surface area contributed by atoms with Crippen molar-refractivity contribution in [2.24, 2.45) is 0 Å². The van der Waals surface area contributed by atoms with Gasteiger partial charge in [-0.15, -0.1) is 0 Å². The van der Waals surface area contributed by atoms with E-state index < -0.39 is 24.0 Å². The van der Waals surface area contributed by atoms with Crippen molar-refractivity contribution in [1.82, 2.24) is 10.3 Å². The van der Waals surface area contributed by atoms with E-state index in [0.29, 0.717) is 11.5 Å². The van der Waals surface area contributed by atoms with Crippen LogP contribution in [0.15, 0.2) is 41.3 Å². The molecule has 0 atom stereocenters. The Labute approximate surface area is 143 Å². The molecule has 0 fully saturated rings. The van der Waals surface area contributed by atoms with Crippen molar-refractivity contribution in [3.05, 3.63) is 58.0 Å². The van der Waals surface area contributed by atoms with Gasteiger partial charge in [0.05, 0.1) is 14.2 Å². The second-order valence-electron chi connectivity index (χ2n) is 4.96. The summed E-state index contributed by atoms with van der Waals surface area (Å²) in [5, 5.41) is 2.61. The fraction of sp³-hybridized carbons (Fsp3) is 0.235. The molecule has 2 N–H and O–H groups in total. The van der Waals surface area contributed by atoms with E-state index >= 15 is 0 Å². The van der Waals surface area contributed by atoms with Crippen LogP contribution in [0, 0.1) is 0 Å². The van der Waals surface area contributed by atoms with Crippen molar-refractivity contribution in [1.29, 1.82) is 0 Å². The lowest BCUT2D eigenvalue weighted by atomic mass is 10.2. The second-order valence-corrected chi connectivity index (χ2v) is 4.96. The molecule has 1 amide bonds. The Morgan fingerprint density at radius 1 is 1.12 bits per heavy atom. The van der Waals surface area contributed by atoms with E-state index in [1.54, 1.807) is 18.2 Å². The standard InChI is InChI=1S/C17H18N2O6/c1-23-13-6-5-11(8-14(13)24-2)9-19-15(20)10-25-17(22)12-4-3-7-18-16(12)21/h3-8H,9-10H2,1-2H3,(H,18,21)(H,19,20). The molecule has 25 heavy (non-hydrogen) atoms. The van der Waals surface area contributed by atoms with E-state index in [4.69, 9.17) is 14.2 Å². The van der Waals surface area contributed by atoms with Gasteiger partial charge in [-0.05, 0) is 29.8 Å². The number of carbonyl (C=O) groups is 2. The zero-order valence-corrected chi connectivity index (χ0v) is 13.8. The number of methoxy groups -OCH3 is 2. The van der Waals surface area contributed by atoms with Crippen LogP contribution in [0.2, 0.25) is 0 Å². The summed E-state index contributed by atoms with van der Waals surface area (Å²) in [7, 11) is 3.05. The van der Waals surface area contributed by atoms with Gasteiger partial charge in [0.15, 0.2) is 18.1 Å². The maximum Gasteiger partial charge on any atom is 0.344 e. The first-order valence-electron chi connectivity index (χ1n) is 7.37. The van der Waals surface area contributed by atoms with Crippen LogP contribution in [0.5, 0.6) is 11.5 Å². The van der Waals surface area contributed by atoms with Crippen molar-refractivity contribution >= 4 is 11.9 Å². The minimum Gasteiger partial charge on any atom is -0.493 e. The maximum absolute atomic E-state index is 11.8. The van der Waals surface area contributed by atoms with Crippen LogP contribution in [0.3, 0.4) is 0 Å². The molecular formula is C17H18N2O6. The highest BCUT2D eigenvalue weighted by molar-refractivity contribution is 5.90. The molecule has 0 saturated carbocycles. The van der Waals surface area contributed by atoms with Gasteiger partial charge in [0, 0.05) is 12.7 Å². The lowest BCUT2D eigenvalue weighted by molar-refractivity contribution is -0.124. The number of hydrogen-bond donors (Lipinski definition) is 2. The average molecular weight is 346 g/mol. The van der Waals surface area contributed by atoms with Gasteiger partial charge in [-0.2, -0.15) is 0 Å². The molecule has 2 rings (SSSR count). The molecule has 0 unspecified atom stereocenters. The fourth-order valence-corrected chi connectivity index (χ4v) is 2.03. The van der Waals surface area contributed by atoms with E-state index in [2.05, 4.69) is 10.3 Å². The van der Waals surface area contributed by atoms with Crippen LogP contribution in [0.4, 0.5) is 0 Å². The molecule has 8 nitrogen and oxygen atoms in total. The number of ether oxygens (including phenoxy) is 3. The van der Waals surface area contributed by atoms with Gasteiger partial charge in [0.25, 0.3) is 11.5 Å². The minimum absolute atomic E-state index is 0.157. The number of pyridine rings is 1. The highest BCUT2D eigenvalue weighted by Gasteiger charge is 2.13. The Balaban J connectivity index is 1.86. The molecule has 1 aromatic carbocycles. The predicted molar refractivity (Wildman–Crippen MR) is 88.7 cm³/mol. The number of benzene rings is 1. The van der Waals surface area contributed by atoms with Crippen LogP contribution >= 0.6 is 0 Å². The summed E-state index contributed by atoms with van der Waals surface area (Å²) in [5.74, 6) is -0.220. The van der Waals surface area contributed by atoms with Crippen LogP contribution in [0.1, 0.15) is 15.9 Å². The summed E-state index contributed by atoms with van der Waals surface area (Å²) in [5.41, 5.74) is 0.0604. The summed E-state index contributed by atoms with van der Waals surface area (Å²) in [6, 6.07) is 8.05. The highest BCUT2D eigenvalue weighted by Crippen LogP contribution is 2.27. The zero-order valence-electron chi connectivity index (χ0n) is 13.8. The summed E-state index contributed by atoms with van der Waals surface area (Å²) < 4.78 is 15.1. The molecule has 8 heteroatoms. The van der Waals surface area contributed by atoms with E-state index in [9.17, 15) is 14.4 Å². The number of aromatic amines is 1. The van der Waals surface area contributed by atoms with E-state index in [1.807, 2.05) is 0 Å². The molecule has 1 heterocycles. The van der Waals surface area contributed by atoms with Gasteiger partial charge in [-0.25, -0.2) is 4.79 Å². The van der Waals surface area contributed by atoms with Crippen molar-refractivity contribution in [3.8, 4) is 11.5 Å². The number of carbonyl (C=O) groups excluding carboxylic acids is 2. The summed E-state index contributed by atoms with van der Waals surface area (Å²) >= 11 is 0. The number of hydrogen-bond acceptors (Lipinski definition) is 6. The molecule has 0 spiro atoms. The number of nitrogens with one attached hydrogen (secondary N) is 2. The molecule has 0 bridgehead atoms. The third kappa shape index (κ3) is 4.84. The van der Waals surface area contributed by atoms with E-state index in [0.717, 1.165) is 5.56 Å². The van der Waals surface area contributed by atoms with E-state index in [-0.39, 0.29) is 12.1 Å². The van der Waals surface area contributed by atoms with Crippen LogP contribution < -0.4 is 20.3 Å². The Hall–Kier alpha value is -3.29. The first-order valence-corrected chi connectivity index (χ1v) is 7.37. The maximum atomic E-state index is 11.8. The van der Waals surface area contributed by atoms with Crippen molar-refractivity contribution in [2.75, 3.05) is 20.8 Å². The summed E-state index contributed by atoms with van der Waals surface area (Å²) in [4.78, 5) is 37.3. The number of amides is 1. The van der Waals surface area contributed by atoms with Crippen LogP contribution in [0.25, 0.3) is 0 Å². The average Bonchev–Trinajstić information content (AvgIpc) is 2.64. The highest BCUT2D eigenvalue weighted by atomic mass is 16.5. The first kappa shape index (κ1) is 18.1. The SMILES string of the molecule is COc1ccc(CNC(=O)COC(=O)c2ccc[nH]c2=O)cc1OC. The van der Waals surface area contributed by atoms with Crippen molar-refractivity contribution in [2.45, 2.75) is 6.54 Å². The largest absolute Gasteiger partial charge is 0.493 e. The van der Waals surface area contributed by atoms with Crippen molar-refractivity contribution in [3.63, 3.8) is 0 Å². The predicted octanol–water partition coefficient (Wildman–Crippen LogP) is 0.865. The lowest BCUT2D eigenvalue weighted by Gasteiger charge is -2.10. The lowest BCUT2D eigenvalue weighted by Crippen LogP contribution is -2.29. The molecule has 132 valence electrons. The molecule has 2 aromatic rings. The first-order chi connectivity index (χ1) is 12.0. The number of aromatic nitrogens is 1. The number of esters is 1. The molecular weight excluding hydrogens is 328 g/mol. The topological polar surface area (TPSA) is 107 Å². The molecule has 0 radical (unpaired) electrons. The van der Waals surface area contributed by atoms with Gasteiger partial charge in [-0.1, -0.05) is 6.07 Å². The van der Waals surface area contributed by atoms with Gasteiger partial charge in [0.1, 0.15) is 5.56 Å². The smallest absolute Gasteiger partial charge is 0.344 e. The van der Waals surface area contributed by atoms with Gasteiger partial charge >= 0.3 is 5.97 Å². The fourth-order valence-electron chi connectivity index (χ4n) is 2.03. The van der Waals surface area contributed by atoms with Crippen LogP contribution in [-0.4, -0.2) is 37.7 Å². The Kier molecular flexibility index (Phi) is 6.16. The molecule has 0 aliphatic rings. The van der Waals surface area contributed by atoms with Crippen LogP contribution in [-0.2, 0) is 16.1 Å². The molecule has 0 saturated heterocycles. The Morgan fingerprint density at radius 2 is 1.88 bits per heavy atom. The van der Waals surface area contributed by atoms with E-state index in [1.165, 1.54) is 32.5 Å². The van der Waals surface area contributed by atoms with Crippen molar-refractivity contribution < 1.29 is 23.8 Å². The zero-order chi connectivity index (χ0) is 18.2. The molecule has 0 aliphatic carbocycles. The minimum atomic E-state index is -0.858. The van der Waals surface area contributed by atoms with Gasteiger partial charge in [0.2, 0.25) is 0 Å². The number of H-pyrrole nitrogens is 1. The van der Waals surface area contributed by atoms with Gasteiger partial charge < -0.3 is 24.5 Å². The third-order valence-electron chi connectivity index (χ3n) is 3.31. The second kappa shape index (κ2) is 8.53. The Morgan fingerprint density at radius 3 is 2.56 bits per heavy atom. The molecule has 1 aromatic heterocycles. The monoisotopic (exact) mass is 346 g/mol. The molecule has 0 aliphatic heterocycles. The summed E-state index contributed by atoms with van der Waals surface area (Å²) in [6.45, 7) is -0.261. The number of rotatable bonds is 7. The van der Waals surface area contributed by atoms with Gasteiger partial charge in [-0.3, -0.25) is 9.59 Å².